The van der Waals surface area contributed by atoms with E-state index in [2.05, 4.69) is 20.8 Å². The van der Waals surface area contributed by atoms with E-state index in [0.29, 0.717) is 24.8 Å². The van der Waals surface area contributed by atoms with E-state index >= 15 is 0 Å². The highest BCUT2D eigenvalue weighted by Crippen LogP contribution is 2.37. The third kappa shape index (κ3) is 4.34. The van der Waals surface area contributed by atoms with Crippen LogP contribution in [-0.2, 0) is 11.2 Å². The van der Waals surface area contributed by atoms with Crippen molar-refractivity contribution in [2.45, 2.75) is 44.3 Å². The number of alkyl halides is 3. The highest BCUT2D eigenvalue weighted by Gasteiger charge is 2.45. The molecule has 0 spiro atoms. The summed E-state index contributed by atoms with van der Waals surface area (Å²) in [7, 11) is 0. The van der Waals surface area contributed by atoms with Crippen LogP contribution in [0.5, 0.6) is 0 Å². The van der Waals surface area contributed by atoms with Gasteiger partial charge in [0.15, 0.2) is 0 Å². The van der Waals surface area contributed by atoms with Crippen LogP contribution in [0.15, 0.2) is 30.6 Å². The predicted octanol–water partition coefficient (Wildman–Crippen LogP) is 2.44. The van der Waals surface area contributed by atoms with E-state index in [4.69, 9.17) is 0 Å². The van der Waals surface area contributed by atoms with Gasteiger partial charge in [-0.2, -0.15) is 13.2 Å². The van der Waals surface area contributed by atoms with Gasteiger partial charge in [-0.15, -0.1) is 5.10 Å². The minimum absolute atomic E-state index is 0.0387. The Kier molecular flexibility index (Phi) is 5.00. The molecule has 2 unspecified atom stereocenters. The van der Waals surface area contributed by atoms with Gasteiger partial charge >= 0.3 is 6.18 Å². The second-order valence-electron chi connectivity index (χ2n) is 6.20. The lowest BCUT2D eigenvalue weighted by atomic mass is 9.84. The molecule has 1 aliphatic rings. The minimum atomic E-state index is -4.27. The number of benzene rings is 1. The zero-order valence-electron chi connectivity index (χ0n) is 13.4. The maximum Gasteiger partial charge on any atom is 0.393 e. The molecule has 0 aliphatic heterocycles. The van der Waals surface area contributed by atoms with Crippen molar-refractivity contribution >= 4 is 5.91 Å². The standard InChI is InChI=1S/C16H18F3N5O/c17-16(18,19)13-3-1-2-4-14(13)21-15(25)9-11-5-7-12(8-6-11)24-10-20-22-23-24/h5-8,10,13-14H,1-4,9H2,(H,21,25). The highest BCUT2D eigenvalue weighted by molar-refractivity contribution is 5.79. The first-order valence-corrected chi connectivity index (χ1v) is 8.12. The van der Waals surface area contributed by atoms with Gasteiger partial charge in [-0.1, -0.05) is 25.0 Å². The zero-order chi connectivity index (χ0) is 17.9. The number of amides is 1. The molecule has 25 heavy (non-hydrogen) atoms. The van der Waals surface area contributed by atoms with Crippen molar-refractivity contribution in [3.05, 3.63) is 36.2 Å². The first-order chi connectivity index (χ1) is 11.9. The fourth-order valence-electron chi connectivity index (χ4n) is 3.18. The van der Waals surface area contributed by atoms with Gasteiger partial charge in [-0.25, -0.2) is 4.68 Å². The van der Waals surface area contributed by atoms with Crippen LogP contribution in [0.25, 0.3) is 5.69 Å². The molecule has 0 bridgehead atoms. The Morgan fingerprint density at radius 3 is 2.56 bits per heavy atom. The molecule has 3 rings (SSSR count). The summed E-state index contributed by atoms with van der Waals surface area (Å²) in [5.41, 5.74) is 1.45. The van der Waals surface area contributed by atoms with Crippen molar-refractivity contribution in [2.75, 3.05) is 0 Å². The lowest BCUT2D eigenvalue weighted by Gasteiger charge is -2.33. The fraction of sp³-hybridized carbons (Fsp3) is 0.500. The van der Waals surface area contributed by atoms with Crippen LogP contribution in [0.3, 0.4) is 0 Å². The summed E-state index contributed by atoms with van der Waals surface area (Å²) in [6, 6.07) is 6.13. The number of rotatable bonds is 4. The van der Waals surface area contributed by atoms with Crippen molar-refractivity contribution < 1.29 is 18.0 Å². The quantitative estimate of drug-likeness (QED) is 0.916. The zero-order valence-corrected chi connectivity index (χ0v) is 13.4. The maximum atomic E-state index is 13.1. The number of tetrazole rings is 1. The van der Waals surface area contributed by atoms with Gasteiger partial charge in [-0.3, -0.25) is 4.79 Å². The Morgan fingerprint density at radius 1 is 1.20 bits per heavy atom. The maximum absolute atomic E-state index is 13.1. The molecule has 1 fully saturated rings. The molecular formula is C16H18F3N5O. The molecule has 2 atom stereocenters. The van der Waals surface area contributed by atoms with Crippen LogP contribution < -0.4 is 5.32 Å². The van der Waals surface area contributed by atoms with Crippen molar-refractivity contribution in [2.24, 2.45) is 5.92 Å². The summed E-state index contributed by atoms with van der Waals surface area (Å²) < 4.78 is 40.7. The van der Waals surface area contributed by atoms with E-state index in [9.17, 15) is 18.0 Å². The van der Waals surface area contributed by atoms with E-state index in [0.717, 1.165) is 5.69 Å². The molecule has 1 aromatic heterocycles. The van der Waals surface area contributed by atoms with Crippen molar-refractivity contribution in [3.8, 4) is 5.69 Å². The van der Waals surface area contributed by atoms with Gasteiger partial charge in [0.2, 0.25) is 5.91 Å². The summed E-state index contributed by atoms with van der Waals surface area (Å²) in [6.45, 7) is 0. The van der Waals surface area contributed by atoms with E-state index in [1.165, 1.54) is 11.0 Å². The molecule has 0 saturated heterocycles. The third-order valence-electron chi connectivity index (χ3n) is 4.45. The topological polar surface area (TPSA) is 72.7 Å². The number of carbonyl (C=O) groups excluding carboxylic acids is 1. The summed E-state index contributed by atoms with van der Waals surface area (Å²) in [6.07, 6.45) is -1.08. The van der Waals surface area contributed by atoms with Crippen molar-refractivity contribution in [1.29, 1.82) is 0 Å². The van der Waals surface area contributed by atoms with E-state index < -0.39 is 24.0 Å². The van der Waals surface area contributed by atoms with Crippen LogP contribution in [0, 0.1) is 5.92 Å². The van der Waals surface area contributed by atoms with Gasteiger partial charge in [0.1, 0.15) is 6.33 Å². The van der Waals surface area contributed by atoms with Crippen molar-refractivity contribution in [1.82, 2.24) is 25.5 Å². The molecule has 0 radical (unpaired) electrons. The number of hydrogen-bond donors (Lipinski definition) is 1. The summed E-state index contributed by atoms with van der Waals surface area (Å²) in [5, 5.41) is 13.4. The Bertz CT molecular complexity index is 700. The normalized spacial score (nSPS) is 21.1. The predicted molar refractivity (Wildman–Crippen MR) is 82.8 cm³/mol. The van der Waals surface area contributed by atoms with Gasteiger partial charge < -0.3 is 5.32 Å². The molecular weight excluding hydrogens is 335 g/mol. The Hall–Kier alpha value is -2.45. The lowest BCUT2D eigenvalue weighted by Crippen LogP contribution is -2.48. The van der Waals surface area contributed by atoms with Gasteiger partial charge in [0.05, 0.1) is 18.0 Å². The van der Waals surface area contributed by atoms with Crippen LogP contribution in [0.1, 0.15) is 31.2 Å². The van der Waals surface area contributed by atoms with Gasteiger partial charge in [0, 0.05) is 6.04 Å². The molecule has 1 amide bonds. The molecule has 2 aromatic rings. The van der Waals surface area contributed by atoms with Crippen LogP contribution in [0.2, 0.25) is 0 Å². The summed E-state index contributed by atoms with van der Waals surface area (Å²) >= 11 is 0. The smallest absolute Gasteiger partial charge is 0.352 e. The van der Waals surface area contributed by atoms with Crippen LogP contribution in [-0.4, -0.2) is 38.3 Å². The molecule has 1 heterocycles. The number of nitrogens with zero attached hydrogens (tertiary/aromatic N) is 4. The lowest BCUT2D eigenvalue weighted by molar-refractivity contribution is -0.189. The molecule has 1 aliphatic carbocycles. The second kappa shape index (κ2) is 7.20. The monoisotopic (exact) mass is 353 g/mol. The Labute approximate surface area is 142 Å². The van der Waals surface area contributed by atoms with Gasteiger partial charge in [-0.05, 0) is 41.0 Å². The molecule has 1 N–H and O–H groups in total. The first-order valence-electron chi connectivity index (χ1n) is 8.12. The third-order valence-corrected chi connectivity index (χ3v) is 4.45. The largest absolute Gasteiger partial charge is 0.393 e. The molecule has 9 heteroatoms. The molecule has 1 aromatic carbocycles. The van der Waals surface area contributed by atoms with E-state index in [-0.39, 0.29) is 12.8 Å². The summed E-state index contributed by atoms with van der Waals surface area (Å²) in [5.74, 6) is -1.84. The number of aromatic nitrogens is 4. The Balaban J connectivity index is 1.60. The number of hydrogen-bond acceptors (Lipinski definition) is 4. The number of halogens is 3. The first kappa shape index (κ1) is 17.4. The van der Waals surface area contributed by atoms with Crippen LogP contribution >= 0.6 is 0 Å². The Morgan fingerprint density at radius 2 is 1.92 bits per heavy atom. The van der Waals surface area contributed by atoms with Crippen LogP contribution in [0.4, 0.5) is 13.2 Å². The van der Waals surface area contributed by atoms with Gasteiger partial charge in [0.25, 0.3) is 0 Å². The summed E-state index contributed by atoms with van der Waals surface area (Å²) in [4.78, 5) is 12.2. The minimum Gasteiger partial charge on any atom is -0.352 e. The van der Waals surface area contributed by atoms with Crippen molar-refractivity contribution in [3.63, 3.8) is 0 Å². The fourth-order valence-corrected chi connectivity index (χ4v) is 3.18. The molecule has 1 saturated carbocycles. The van der Waals surface area contributed by atoms with E-state index in [1.807, 2.05) is 0 Å². The second-order valence-corrected chi connectivity index (χ2v) is 6.20. The average molecular weight is 353 g/mol. The molecule has 6 nitrogen and oxygen atoms in total. The average Bonchev–Trinajstić information content (AvgIpc) is 3.09. The number of carbonyl (C=O) groups is 1. The highest BCUT2D eigenvalue weighted by atomic mass is 19.4. The SMILES string of the molecule is O=C(Cc1ccc(-n2cnnn2)cc1)NC1CCCCC1C(F)(F)F. The van der Waals surface area contributed by atoms with E-state index in [1.54, 1.807) is 24.3 Å². The molecule has 134 valence electrons. The number of nitrogens with one attached hydrogen (secondary N) is 1.